The van der Waals surface area contributed by atoms with E-state index in [1.807, 2.05) is 0 Å². The maximum atomic E-state index is 6.48. The minimum atomic E-state index is 0.232. The molecule has 0 amide bonds. The standard InChI is InChI=1S/C42H64O5/c1-3-5-7-9-11-13-15-17-19-21-23-33-25-37-38-26-34(24-22-20-18-16-14-12-10-8-6-4-2)40(46-32-36-30-44-36)28-42(38)47-41(37)27-39(33)45-31-35-29-43-35/h25-28,35-36H,3-24,29-32H2,1-2H3. The molecule has 0 radical (unpaired) electrons. The van der Waals surface area contributed by atoms with Crippen molar-refractivity contribution >= 4 is 21.9 Å². The summed E-state index contributed by atoms with van der Waals surface area (Å²) in [6, 6.07) is 8.95. The average molecular weight is 649 g/mol. The summed E-state index contributed by atoms with van der Waals surface area (Å²) in [7, 11) is 0. The van der Waals surface area contributed by atoms with E-state index in [1.165, 1.54) is 150 Å². The highest BCUT2D eigenvalue weighted by Gasteiger charge is 2.25. The normalized spacial score (nSPS) is 17.1. The van der Waals surface area contributed by atoms with Crippen molar-refractivity contribution in [1.82, 2.24) is 0 Å². The Balaban J connectivity index is 1.21. The Morgan fingerprint density at radius 2 is 0.830 bits per heavy atom. The molecule has 3 aromatic rings. The lowest BCUT2D eigenvalue weighted by Crippen LogP contribution is -2.06. The van der Waals surface area contributed by atoms with Crippen molar-refractivity contribution in [3.8, 4) is 11.5 Å². The summed E-state index contributed by atoms with van der Waals surface area (Å²) in [5.74, 6) is 1.91. The molecule has 2 fully saturated rings. The van der Waals surface area contributed by atoms with Gasteiger partial charge in [0, 0.05) is 22.9 Å². The Morgan fingerprint density at radius 1 is 0.489 bits per heavy atom. The van der Waals surface area contributed by atoms with Gasteiger partial charge in [0.15, 0.2) is 0 Å². The molecule has 1 aromatic heterocycles. The van der Waals surface area contributed by atoms with Crippen LogP contribution in [-0.4, -0.2) is 38.6 Å². The Bertz CT molecular complexity index is 1210. The van der Waals surface area contributed by atoms with Gasteiger partial charge in [0.05, 0.1) is 13.2 Å². The smallest absolute Gasteiger partial charge is 0.139 e. The first-order chi connectivity index (χ1) is 23.2. The van der Waals surface area contributed by atoms with Crippen LogP contribution in [-0.2, 0) is 22.3 Å². The molecule has 3 heterocycles. The fourth-order valence-corrected chi connectivity index (χ4v) is 6.88. The second kappa shape index (κ2) is 20.3. The second-order valence-corrected chi connectivity index (χ2v) is 14.4. The molecule has 2 atom stereocenters. The lowest BCUT2D eigenvalue weighted by atomic mass is 9.99. The van der Waals surface area contributed by atoms with Crippen LogP contribution < -0.4 is 9.47 Å². The van der Waals surface area contributed by atoms with Crippen LogP contribution in [0.25, 0.3) is 21.9 Å². The number of rotatable bonds is 28. The van der Waals surface area contributed by atoms with Crippen LogP contribution in [0.5, 0.6) is 11.5 Å². The topological polar surface area (TPSA) is 56.7 Å². The quantitative estimate of drug-likeness (QED) is 0.0579. The van der Waals surface area contributed by atoms with E-state index in [2.05, 4.69) is 38.1 Å². The van der Waals surface area contributed by atoms with E-state index in [-0.39, 0.29) is 12.2 Å². The molecule has 47 heavy (non-hydrogen) atoms. The molecule has 262 valence electrons. The van der Waals surface area contributed by atoms with Crippen molar-refractivity contribution in [2.24, 2.45) is 0 Å². The van der Waals surface area contributed by atoms with Gasteiger partial charge in [-0.15, -0.1) is 0 Å². The number of ether oxygens (including phenoxy) is 4. The van der Waals surface area contributed by atoms with Crippen molar-refractivity contribution in [3.05, 3.63) is 35.4 Å². The molecule has 0 bridgehead atoms. The first-order valence-electron chi connectivity index (χ1n) is 19.8. The number of hydrogen-bond acceptors (Lipinski definition) is 5. The first kappa shape index (κ1) is 36.1. The molecule has 0 N–H and O–H groups in total. The SMILES string of the molecule is CCCCCCCCCCCCc1cc2c(cc1OCC1CO1)oc1cc(OCC3CO3)c(CCCCCCCCCCCC)cc12. The van der Waals surface area contributed by atoms with E-state index < -0.39 is 0 Å². The van der Waals surface area contributed by atoms with Crippen molar-refractivity contribution in [2.45, 2.75) is 167 Å². The molecule has 5 rings (SSSR count). The van der Waals surface area contributed by atoms with Gasteiger partial charge >= 0.3 is 0 Å². The van der Waals surface area contributed by atoms with Gasteiger partial charge in [0.2, 0.25) is 0 Å². The summed E-state index contributed by atoms with van der Waals surface area (Å²) in [5.41, 5.74) is 4.38. The van der Waals surface area contributed by atoms with Crippen LogP contribution in [0.3, 0.4) is 0 Å². The third-order valence-corrected chi connectivity index (χ3v) is 10.1. The third-order valence-electron chi connectivity index (χ3n) is 10.1. The van der Waals surface area contributed by atoms with Crippen molar-refractivity contribution in [2.75, 3.05) is 26.4 Å². The summed E-state index contributed by atoms with van der Waals surface area (Å²) in [6.07, 6.45) is 29.4. The number of aryl methyl sites for hydroxylation is 2. The Labute approximate surface area is 285 Å². The van der Waals surface area contributed by atoms with Gasteiger partial charge in [-0.1, -0.05) is 129 Å². The molecular formula is C42H64O5. The molecule has 0 saturated carbocycles. The van der Waals surface area contributed by atoms with Crippen LogP contribution >= 0.6 is 0 Å². The highest BCUT2D eigenvalue weighted by Crippen LogP contribution is 2.38. The molecule has 2 aliphatic heterocycles. The minimum Gasteiger partial charge on any atom is -0.490 e. The Kier molecular flexibility index (Phi) is 15.6. The summed E-state index contributed by atoms with van der Waals surface area (Å²) < 4.78 is 30.0. The van der Waals surface area contributed by atoms with Gasteiger partial charge < -0.3 is 23.4 Å². The number of furan rings is 1. The fourth-order valence-electron chi connectivity index (χ4n) is 6.88. The zero-order valence-corrected chi connectivity index (χ0v) is 29.9. The van der Waals surface area contributed by atoms with Gasteiger partial charge in [0.1, 0.15) is 48.1 Å². The molecular weight excluding hydrogens is 584 g/mol. The fraction of sp³-hybridized carbons (Fsp3) is 0.714. The number of hydrogen-bond donors (Lipinski definition) is 0. The third kappa shape index (κ3) is 12.6. The predicted molar refractivity (Wildman–Crippen MR) is 195 cm³/mol. The second-order valence-electron chi connectivity index (χ2n) is 14.4. The Morgan fingerprint density at radius 3 is 1.17 bits per heavy atom. The van der Waals surface area contributed by atoms with E-state index in [1.54, 1.807) is 0 Å². The molecule has 5 nitrogen and oxygen atoms in total. The molecule has 0 spiro atoms. The van der Waals surface area contributed by atoms with Crippen molar-refractivity contribution in [3.63, 3.8) is 0 Å². The molecule has 5 heteroatoms. The number of benzene rings is 2. The summed E-state index contributed by atoms with van der Waals surface area (Å²) in [4.78, 5) is 0. The van der Waals surface area contributed by atoms with Crippen molar-refractivity contribution in [1.29, 1.82) is 0 Å². The maximum absolute atomic E-state index is 6.48. The van der Waals surface area contributed by atoms with Gasteiger partial charge in [-0.2, -0.15) is 0 Å². The first-order valence-corrected chi connectivity index (χ1v) is 19.8. The van der Waals surface area contributed by atoms with Gasteiger partial charge in [-0.3, -0.25) is 0 Å². The zero-order valence-electron chi connectivity index (χ0n) is 29.9. The van der Waals surface area contributed by atoms with Gasteiger partial charge in [-0.25, -0.2) is 0 Å². The number of fused-ring (bicyclic) bond motifs is 3. The van der Waals surface area contributed by atoms with Crippen LogP contribution in [0.1, 0.15) is 153 Å². The summed E-state index contributed by atoms with van der Waals surface area (Å²) in [5, 5.41) is 2.39. The van der Waals surface area contributed by atoms with E-state index in [0.717, 1.165) is 48.7 Å². The van der Waals surface area contributed by atoms with Crippen LogP contribution in [0, 0.1) is 0 Å². The maximum Gasteiger partial charge on any atom is 0.139 e. The van der Waals surface area contributed by atoms with E-state index in [0.29, 0.717) is 13.2 Å². The zero-order chi connectivity index (χ0) is 32.5. The summed E-state index contributed by atoms with van der Waals surface area (Å²) >= 11 is 0. The number of epoxide rings is 2. The number of unbranched alkanes of at least 4 members (excludes halogenated alkanes) is 18. The summed E-state index contributed by atoms with van der Waals surface area (Å²) in [6.45, 7) is 7.41. The molecule has 2 aromatic carbocycles. The van der Waals surface area contributed by atoms with E-state index >= 15 is 0 Å². The van der Waals surface area contributed by atoms with Crippen molar-refractivity contribution < 1.29 is 23.4 Å². The van der Waals surface area contributed by atoms with Gasteiger partial charge in [0.25, 0.3) is 0 Å². The minimum absolute atomic E-state index is 0.232. The van der Waals surface area contributed by atoms with E-state index in [9.17, 15) is 0 Å². The molecule has 0 aliphatic carbocycles. The highest BCUT2D eigenvalue weighted by atomic mass is 16.6. The van der Waals surface area contributed by atoms with Crippen LogP contribution in [0.4, 0.5) is 0 Å². The average Bonchev–Trinajstić information content (AvgIpc) is 4.02. The largest absolute Gasteiger partial charge is 0.490 e. The van der Waals surface area contributed by atoms with Crippen LogP contribution in [0.2, 0.25) is 0 Å². The Hall–Kier alpha value is -2.24. The van der Waals surface area contributed by atoms with E-state index in [4.69, 9.17) is 23.4 Å². The molecule has 2 unspecified atom stereocenters. The predicted octanol–water partition coefficient (Wildman–Crippen LogP) is 12.1. The lowest BCUT2D eigenvalue weighted by Gasteiger charge is -2.12. The monoisotopic (exact) mass is 648 g/mol. The lowest BCUT2D eigenvalue weighted by molar-refractivity contribution is 0.261. The molecule has 2 aliphatic rings. The van der Waals surface area contributed by atoms with Gasteiger partial charge in [-0.05, 0) is 48.9 Å². The van der Waals surface area contributed by atoms with Crippen LogP contribution in [0.15, 0.2) is 28.7 Å². The molecule has 2 saturated heterocycles. The highest BCUT2D eigenvalue weighted by molar-refractivity contribution is 6.06.